The molecule has 1 unspecified atom stereocenters. The zero-order valence-electron chi connectivity index (χ0n) is 11.9. The number of thiophene rings is 1. The Morgan fingerprint density at radius 2 is 2.30 bits per heavy atom. The largest absolute Gasteiger partial charge is 0.396 e. The van der Waals surface area contributed by atoms with Gasteiger partial charge in [0.1, 0.15) is 16.5 Å². The molecule has 2 rings (SSSR count). The van der Waals surface area contributed by atoms with E-state index in [1.807, 2.05) is 6.92 Å². The van der Waals surface area contributed by atoms with Crippen molar-refractivity contribution in [3.05, 3.63) is 17.3 Å². The molecule has 4 nitrogen and oxygen atoms in total. The van der Waals surface area contributed by atoms with Gasteiger partial charge in [-0.25, -0.2) is 9.97 Å². The van der Waals surface area contributed by atoms with Gasteiger partial charge in [0.05, 0.1) is 11.1 Å². The molecule has 110 valence electrons. The van der Waals surface area contributed by atoms with E-state index in [1.165, 1.54) is 0 Å². The third kappa shape index (κ3) is 4.07. The smallest absolute Gasteiger partial charge is 0.142 e. The van der Waals surface area contributed by atoms with E-state index in [4.69, 9.17) is 5.11 Å². The van der Waals surface area contributed by atoms with Gasteiger partial charge in [0.2, 0.25) is 0 Å². The van der Waals surface area contributed by atoms with Crippen LogP contribution in [0.2, 0.25) is 0 Å². The van der Waals surface area contributed by atoms with Crippen LogP contribution in [-0.2, 0) is 5.75 Å². The number of hydrogen-bond donors (Lipinski definition) is 2. The Balaban J connectivity index is 2.08. The Bertz CT molecular complexity index is 544. The first kappa shape index (κ1) is 15.5. The van der Waals surface area contributed by atoms with E-state index in [-0.39, 0.29) is 6.61 Å². The van der Waals surface area contributed by atoms with Crippen LogP contribution in [0.5, 0.6) is 0 Å². The average Bonchev–Trinajstić information content (AvgIpc) is 2.93. The third-order valence-electron chi connectivity index (χ3n) is 2.86. The summed E-state index contributed by atoms with van der Waals surface area (Å²) in [4.78, 5) is 10.3. The van der Waals surface area contributed by atoms with E-state index in [9.17, 15) is 0 Å². The molecule has 2 N–H and O–H groups in total. The van der Waals surface area contributed by atoms with Crippen molar-refractivity contribution in [2.24, 2.45) is 5.92 Å². The second-order valence-electron chi connectivity index (χ2n) is 4.86. The number of anilines is 1. The van der Waals surface area contributed by atoms with Crippen molar-refractivity contribution in [2.45, 2.75) is 26.0 Å². The predicted molar refractivity (Wildman–Crippen MR) is 88.6 cm³/mol. The van der Waals surface area contributed by atoms with Gasteiger partial charge in [-0.2, -0.15) is 11.8 Å². The van der Waals surface area contributed by atoms with E-state index < -0.39 is 0 Å². The molecule has 2 heterocycles. The zero-order valence-corrected chi connectivity index (χ0v) is 13.6. The van der Waals surface area contributed by atoms with Gasteiger partial charge in [-0.3, -0.25) is 0 Å². The minimum absolute atomic E-state index is 0.237. The van der Waals surface area contributed by atoms with Crippen molar-refractivity contribution in [2.75, 3.05) is 24.2 Å². The number of aliphatic hydroxyl groups is 1. The van der Waals surface area contributed by atoms with E-state index in [2.05, 4.69) is 33.7 Å². The molecule has 2 aromatic rings. The van der Waals surface area contributed by atoms with Gasteiger partial charge < -0.3 is 10.4 Å². The van der Waals surface area contributed by atoms with Gasteiger partial charge in [0.15, 0.2) is 0 Å². The van der Waals surface area contributed by atoms with Gasteiger partial charge in [-0.1, -0.05) is 13.8 Å². The number of aromatic nitrogens is 2. The minimum atomic E-state index is 0.237. The summed E-state index contributed by atoms with van der Waals surface area (Å²) in [7, 11) is 0. The Hall–Kier alpha value is -0.850. The zero-order chi connectivity index (χ0) is 14.4. The number of hydrogen-bond acceptors (Lipinski definition) is 6. The molecule has 0 fully saturated rings. The highest BCUT2D eigenvalue weighted by atomic mass is 32.2. The molecule has 0 aliphatic heterocycles. The highest BCUT2D eigenvalue weighted by Crippen LogP contribution is 2.26. The van der Waals surface area contributed by atoms with Crippen molar-refractivity contribution < 1.29 is 5.11 Å². The average molecular weight is 311 g/mol. The first-order chi connectivity index (χ1) is 9.74. The number of nitrogens with zero attached hydrogens (tertiary/aromatic N) is 2. The van der Waals surface area contributed by atoms with Crippen LogP contribution in [0.4, 0.5) is 5.82 Å². The molecule has 0 aromatic carbocycles. The Morgan fingerprint density at radius 1 is 1.45 bits per heavy atom. The lowest BCUT2D eigenvalue weighted by molar-refractivity contribution is 0.250. The molecule has 0 bridgehead atoms. The Labute approximate surface area is 128 Å². The summed E-state index contributed by atoms with van der Waals surface area (Å²) in [5.41, 5.74) is 0. The number of thioether (sulfide) groups is 1. The van der Waals surface area contributed by atoms with Crippen LogP contribution >= 0.6 is 23.1 Å². The lowest BCUT2D eigenvalue weighted by atomic mass is 10.2. The molecule has 0 saturated carbocycles. The number of rotatable bonds is 8. The summed E-state index contributed by atoms with van der Waals surface area (Å²) in [5, 5.41) is 15.6. The number of fused-ring (bicyclic) bond motifs is 1. The maximum absolute atomic E-state index is 9.03. The molecule has 0 amide bonds. The SMILES string of the molecule is CCCNc1nc(CSCC(C)CO)nc2sccc12. The molecule has 20 heavy (non-hydrogen) atoms. The van der Waals surface area contributed by atoms with Crippen molar-refractivity contribution in [1.29, 1.82) is 0 Å². The standard InChI is InChI=1S/C14H21N3OS2/c1-3-5-15-13-11-4-6-20-14(11)17-12(16-13)9-19-8-10(2)7-18/h4,6,10,18H,3,5,7-9H2,1-2H3,(H,15,16,17). The third-order valence-corrected chi connectivity index (χ3v) is 4.93. The fraction of sp³-hybridized carbons (Fsp3) is 0.571. The molecule has 1 atom stereocenters. The summed E-state index contributed by atoms with van der Waals surface area (Å²) in [6.45, 7) is 5.35. The molecule has 0 aliphatic carbocycles. The van der Waals surface area contributed by atoms with Crippen molar-refractivity contribution in [3.8, 4) is 0 Å². The molecule has 2 aromatic heterocycles. The lowest BCUT2D eigenvalue weighted by Crippen LogP contribution is -2.06. The summed E-state index contributed by atoms with van der Waals surface area (Å²) in [6.07, 6.45) is 1.08. The highest BCUT2D eigenvalue weighted by molar-refractivity contribution is 7.98. The fourth-order valence-corrected chi connectivity index (χ4v) is 3.47. The quantitative estimate of drug-likeness (QED) is 0.783. The van der Waals surface area contributed by atoms with Gasteiger partial charge in [0.25, 0.3) is 0 Å². The van der Waals surface area contributed by atoms with Gasteiger partial charge in [-0.05, 0) is 29.5 Å². The van der Waals surface area contributed by atoms with Crippen molar-refractivity contribution >= 4 is 39.1 Å². The number of aliphatic hydroxyl groups excluding tert-OH is 1. The molecule has 0 saturated heterocycles. The maximum atomic E-state index is 9.03. The van der Waals surface area contributed by atoms with Crippen LogP contribution in [0.1, 0.15) is 26.1 Å². The van der Waals surface area contributed by atoms with E-state index in [0.29, 0.717) is 5.92 Å². The molecule has 0 spiro atoms. The summed E-state index contributed by atoms with van der Waals surface area (Å²) < 4.78 is 0. The summed E-state index contributed by atoms with van der Waals surface area (Å²) >= 11 is 3.43. The molecular weight excluding hydrogens is 290 g/mol. The molecular formula is C14H21N3OS2. The molecule has 0 aliphatic rings. The molecule has 6 heteroatoms. The van der Waals surface area contributed by atoms with Crippen LogP contribution in [0.15, 0.2) is 11.4 Å². The van der Waals surface area contributed by atoms with Crippen LogP contribution in [-0.4, -0.2) is 34.0 Å². The highest BCUT2D eigenvalue weighted by Gasteiger charge is 2.09. The maximum Gasteiger partial charge on any atom is 0.142 e. The van der Waals surface area contributed by atoms with E-state index >= 15 is 0 Å². The summed E-state index contributed by atoms with van der Waals surface area (Å²) in [5.74, 6) is 3.86. The van der Waals surface area contributed by atoms with Gasteiger partial charge in [-0.15, -0.1) is 11.3 Å². The van der Waals surface area contributed by atoms with Crippen LogP contribution in [0, 0.1) is 5.92 Å². The lowest BCUT2D eigenvalue weighted by Gasteiger charge is -2.09. The topological polar surface area (TPSA) is 58.0 Å². The second-order valence-corrected chi connectivity index (χ2v) is 6.78. The van der Waals surface area contributed by atoms with E-state index in [1.54, 1.807) is 23.1 Å². The summed E-state index contributed by atoms with van der Waals surface area (Å²) in [6, 6.07) is 2.07. The monoisotopic (exact) mass is 311 g/mol. The molecule has 0 radical (unpaired) electrons. The van der Waals surface area contributed by atoms with Crippen LogP contribution in [0.3, 0.4) is 0 Å². The van der Waals surface area contributed by atoms with Crippen LogP contribution < -0.4 is 5.32 Å². The van der Waals surface area contributed by atoms with Crippen molar-refractivity contribution in [3.63, 3.8) is 0 Å². The van der Waals surface area contributed by atoms with Gasteiger partial charge >= 0.3 is 0 Å². The Morgan fingerprint density at radius 3 is 3.05 bits per heavy atom. The second kappa shape index (κ2) is 7.81. The van der Waals surface area contributed by atoms with Crippen LogP contribution in [0.25, 0.3) is 10.2 Å². The minimum Gasteiger partial charge on any atom is -0.396 e. The normalized spacial score (nSPS) is 12.8. The predicted octanol–water partition coefficient (Wildman–Crippen LogP) is 3.37. The Kier molecular flexibility index (Phi) is 6.06. The van der Waals surface area contributed by atoms with Crippen molar-refractivity contribution in [1.82, 2.24) is 9.97 Å². The first-order valence-corrected chi connectivity index (χ1v) is 8.94. The number of nitrogens with one attached hydrogen (secondary N) is 1. The fourth-order valence-electron chi connectivity index (χ4n) is 1.75. The van der Waals surface area contributed by atoms with Gasteiger partial charge in [0, 0.05) is 13.2 Å². The first-order valence-electron chi connectivity index (χ1n) is 6.91. The van der Waals surface area contributed by atoms with E-state index in [0.717, 1.165) is 46.3 Å².